The van der Waals surface area contributed by atoms with Gasteiger partial charge in [-0.05, 0) is 19.8 Å². The van der Waals surface area contributed by atoms with Gasteiger partial charge < -0.3 is 10.2 Å². The molecule has 0 aromatic heterocycles. The highest BCUT2D eigenvalue weighted by Crippen LogP contribution is 2.31. The number of carbonyl (C=O) groups excluding carboxylic acids is 1. The normalized spacial score (nSPS) is 18.8. The van der Waals surface area contributed by atoms with Gasteiger partial charge in [0.2, 0.25) is 0 Å². The fourth-order valence-corrected chi connectivity index (χ4v) is 2.18. The smallest absolute Gasteiger partial charge is 0.331 e. The van der Waals surface area contributed by atoms with Crippen LogP contribution < -0.4 is 0 Å². The molecule has 2 rings (SSSR count). The van der Waals surface area contributed by atoms with E-state index in [4.69, 9.17) is 10.2 Å². The second kappa shape index (κ2) is 8.82. The van der Waals surface area contributed by atoms with E-state index in [2.05, 4.69) is 0 Å². The standard InChI is InChI=1S/C10H12O.C9H10O4/c1-2-6-10(11)9-7-4-3-5-8-9;1-9(8(12)13)4-2-3-6(5-9)7(10)11/h3-5,7-8H,2,6H2,1H3;2-4H,5H2,1H3,(H,10,11)(H,12,13). The maximum atomic E-state index is 11.2. The number of carbonyl (C=O) groups is 3. The summed E-state index contributed by atoms with van der Waals surface area (Å²) in [6.07, 6.45) is 6.02. The minimum Gasteiger partial charge on any atom is -0.481 e. The molecule has 5 nitrogen and oxygen atoms in total. The maximum absolute atomic E-state index is 11.2. The molecule has 128 valence electrons. The van der Waals surface area contributed by atoms with Crippen molar-refractivity contribution in [3.8, 4) is 0 Å². The number of carboxylic acids is 2. The Morgan fingerprint density at radius 3 is 2.25 bits per heavy atom. The first kappa shape index (κ1) is 19.4. The van der Waals surface area contributed by atoms with Crippen LogP contribution in [0.3, 0.4) is 0 Å². The van der Waals surface area contributed by atoms with Gasteiger partial charge in [0.15, 0.2) is 5.78 Å². The summed E-state index contributed by atoms with van der Waals surface area (Å²) in [5, 5.41) is 17.5. The largest absolute Gasteiger partial charge is 0.481 e. The predicted octanol–water partition coefficient (Wildman–Crippen LogP) is 3.72. The van der Waals surface area contributed by atoms with Crippen LogP contribution in [-0.2, 0) is 9.59 Å². The number of allylic oxidation sites excluding steroid dienone is 2. The molecule has 0 bridgehead atoms. The van der Waals surface area contributed by atoms with E-state index in [1.807, 2.05) is 37.3 Å². The van der Waals surface area contributed by atoms with Crippen molar-refractivity contribution in [3.63, 3.8) is 0 Å². The lowest BCUT2D eigenvalue weighted by Crippen LogP contribution is -2.28. The van der Waals surface area contributed by atoms with Crippen LogP contribution in [0.25, 0.3) is 0 Å². The van der Waals surface area contributed by atoms with Gasteiger partial charge in [-0.1, -0.05) is 55.5 Å². The van der Waals surface area contributed by atoms with Crippen LogP contribution in [0, 0.1) is 5.41 Å². The molecule has 0 radical (unpaired) electrons. The van der Waals surface area contributed by atoms with E-state index in [1.165, 1.54) is 25.2 Å². The van der Waals surface area contributed by atoms with Crippen LogP contribution in [0.1, 0.15) is 43.5 Å². The molecule has 2 N–H and O–H groups in total. The monoisotopic (exact) mass is 330 g/mol. The van der Waals surface area contributed by atoms with Gasteiger partial charge in [0.25, 0.3) is 0 Å². The summed E-state index contributed by atoms with van der Waals surface area (Å²) in [5.74, 6) is -1.82. The van der Waals surface area contributed by atoms with Gasteiger partial charge in [0.05, 0.1) is 5.41 Å². The molecule has 0 spiro atoms. The van der Waals surface area contributed by atoms with Crippen LogP contribution in [0.5, 0.6) is 0 Å². The lowest BCUT2D eigenvalue weighted by Gasteiger charge is -2.23. The quantitative estimate of drug-likeness (QED) is 0.803. The fourth-order valence-electron chi connectivity index (χ4n) is 2.18. The molecule has 0 heterocycles. The van der Waals surface area contributed by atoms with Gasteiger partial charge in [-0.2, -0.15) is 0 Å². The van der Waals surface area contributed by atoms with Gasteiger partial charge in [0, 0.05) is 17.6 Å². The zero-order chi connectivity index (χ0) is 18.2. The van der Waals surface area contributed by atoms with Gasteiger partial charge in [-0.3, -0.25) is 9.59 Å². The summed E-state index contributed by atoms with van der Waals surface area (Å²) in [6.45, 7) is 3.52. The van der Waals surface area contributed by atoms with Crippen LogP contribution in [0.15, 0.2) is 54.1 Å². The zero-order valence-electron chi connectivity index (χ0n) is 13.9. The van der Waals surface area contributed by atoms with Crippen molar-refractivity contribution >= 4 is 17.7 Å². The third-order valence-corrected chi connectivity index (χ3v) is 3.66. The Labute approximate surface area is 141 Å². The van der Waals surface area contributed by atoms with Crippen LogP contribution >= 0.6 is 0 Å². The predicted molar refractivity (Wildman–Crippen MR) is 90.9 cm³/mol. The average molecular weight is 330 g/mol. The molecule has 1 atom stereocenters. The molecule has 1 aromatic carbocycles. The van der Waals surface area contributed by atoms with E-state index < -0.39 is 17.4 Å². The van der Waals surface area contributed by atoms with Crippen molar-refractivity contribution in [1.29, 1.82) is 0 Å². The average Bonchev–Trinajstić information content (AvgIpc) is 2.56. The molecule has 0 fully saturated rings. The number of hydrogen-bond donors (Lipinski definition) is 2. The number of ketones is 1. The molecule has 0 aliphatic heterocycles. The Bertz CT molecular complexity index is 658. The Morgan fingerprint density at radius 2 is 1.75 bits per heavy atom. The number of benzene rings is 1. The second-order valence-electron chi connectivity index (χ2n) is 5.79. The van der Waals surface area contributed by atoms with Crippen LogP contribution in [0.4, 0.5) is 0 Å². The summed E-state index contributed by atoms with van der Waals surface area (Å²) in [4.78, 5) is 32.6. The molecule has 1 aliphatic rings. The van der Waals surface area contributed by atoms with E-state index in [0.717, 1.165) is 12.0 Å². The number of hydrogen-bond acceptors (Lipinski definition) is 3. The SMILES string of the molecule is CC1(C(=O)O)C=CC=C(C(=O)O)C1.CCCC(=O)c1ccccc1. The van der Waals surface area contributed by atoms with E-state index in [0.29, 0.717) is 6.42 Å². The molecular formula is C19H22O5. The van der Waals surface area contributed by atoms with Crippen molar-refractivity contribution in [3.05, 3.63) is 59.7 Å². The molecule has 24 heavy (non-hydrogen) atoms. The second-order valence-corrected chi connectivity index (χ2v) is 5.79. The Balaban J connectivity index is 0.000000243. The molecule has 1 aromatic rings. The summed E-state index contributed by atoms with van der Waals surface area (Å²) in [6, 6.07) is 9.42. The van der Waals surface area contributed by atoms with E-state index in [1.54, 1.807) is 0 Å². The molecule has 0 amide bonds. The number of Topliss-reactive ketones (excluding diaryl/α,β-unsaturated/α-hetero) is 1. The lowest BCUT2D eigenvalue weighted by molar-refractivity contribution is -0.145. The summed E-state index contributed by atoms with van der Waals surface area (Å²) in [7, 11) is 0. The van der Waals surface area contributed by atoms with E-state index in [-0.39, 0.29) is 17.8 Å². The van der Waals surface area contributed by atoms with Crippen molar-refractivity contribution in [2.24, 2.45) is 5.41 Å². The molecule has 1 aliphatic carbocycles. The first-order valence-corrected chi connectivity index (χ1v) is 7.73. The topological polar surface area (TPSA) is 91.7 Å². The highest BCUT2D eigenvalue weighted by atomic mass is 16.4. The minimum atomic E-state index is -1.08. The van der Waals surface area contributed by atoms with Crippen LogP contribution in [-0.4, -0.2) is 27.9 Å². The van der Waals surface area contributed by atoms with Crippen molar-refractivity contribution < 1.29 is 24.6 Å². The van der Waals surface area contributed by atoms with Crippen LogP contribution in [0.2, 0.25) is 0 Å². The minimum absolute atomic E-state index is 0.0359. The number of rotatable bonds is 5. The third-order valence-electron chi connectivity index (χ3n) is 3.66. The highest BCUT2D eigenvalue weighted by molar-refractivity contribution is 5.95. The first-order chi connectivity index (χ1) is 11.3. The fraction of sp³-hybridized carbons (Fsp3) is 0.316. The zero-order valence-corrected chi connectivity index (χ0v) is 13.9. The molecule has 0 saturated carbocycles. The summed E-state index contributed by atoms with van der Waals surface area (Å²) in [5.41, 5.74) is -0.121. The number of carboxylic acid groups (broad SMARTS) is 2. The molecule has 5 heteroatoms. The molecular weight excluding hydrogens is 308 g/mol. The Kier molecular flexibility index (Phi) is 7.11. The summed E-state index contributed by atoms with van der Waals surface area (Å²) < 4.78 is 0. The maximum Gasteiger partial charge on any atom is 0.331 e. The van der Waals surface area contributed by atoms with E-state index in [9.17, 15) is 14.4 Å². The lowest BCUT2D eigenvalue weighted by atomic mass is 9.80. The van der Waals surface area contributed by atoms with Gasteiger partial charge in [-0.25, -0.2) is 4.79 Å². The first-order valence-electron chi connectivity index (χ1n) is 7.73. The van der Waals surface area contributed by atoms with Gasteiger partial charge in [-0.15, -0.1) is 0 Å². The highest BCUT2D eigenvalue weighted by Gasteiger charge is 2.34. The van der Waals surface area contributed by atoms with Crippen molar-refractivity contribution in [1.82, 2.24) is 0 Å². The number of aliphatic carboxylic acids is 2. The van der Waals surface area contributed by atoms with Gasteiger partial charge in [0.1, 0.15) is 0 Å². The summed E-state index contributed by atoms with van der Waals surface area (Å²) >= 11 is 0. The third kappa shape index (κ3) is 5.50. The van der Waals surface area contributed by atoms with E-state index >= 15 is 0 Å². The van der Waals surface area contributed by atoms with Crippen molar-refractivity contribution in [2.45, 2.75) is 33.1 Å². The van der Waals surface area contributed by atoms with Crippen molar-refractivity contribution in [2.75, 3.05) is 0 Å². The molecule has 1 unspecified atom stereocenters. The molecule has 0 saturated heterocycles. The van der Waals surface area contributed by atoms with Gasteiger partial charge >= 0.3 is 11.9 Å². The Hall–Kier alpha value is -2.69. The Morgan fingerprint density at radius 1 is 1.12 bits per heavy atom.